The van der Waals surface area contributed by atoms with Crippen LogP contribution in [0.15, 0.2) is 23.1 Å². The summed E-state index contributed by atoms with van der Waals surface area (Å²) < 4.78 is 4.95. The molecule has 0 amide bonds. The zero-order valence-corrected chi connectivity index (χ0v) is 7.27. The van der Waals surface area contributed by atoms with Crippen LogP contribution in [0.3, 0.4) is 0 Å². The zero-order valence-electron chi connectivity index (χ0n) is 6.37. The molecule has 0 saturated heterocycles. The van der Waals surface area contributed by atoms with Gasteiger partial charge in [-0.1, -0.05) is 6.07 Å². The summed E-state index contributed by atoms with van der Waals surface area (Å²) in [5.74, 6) is 0. The van der Waals surface area contributed by atoms with Crippen LogP contribution in [0.2, 0.25) is 0 Å². The van der Waals surface area contributed by atoms with Crippen LogP contribution >= 0.6 is 12.6 Å². The first kappa shape index (κ1) is 8.43. The zero-order chi connectivity index (χ0) is 8.27. The van der Waals surface area contributed by atoms with E-state index in [1.54, 1.807) is 7.11 Å². The largest absolute Gasteiger partial charge is 0.398 e. The van der Waals surface area contributed by atoms with E-state index in [1.165, 1.54) is 0 Å². The molecule has 2 nitrogen and oxygen atoms in total. The molecule has 0 saturated carbocycles. The predicted octanol–water partition coefficient (Wildman–Crippen LogP) is 1.70. The second-order valence-corrected chi connectivity index (χ2v) is 2.81. The first-order valence-corrected chi connectivity index (χ1v) is 3.75. The van der Waals surface area contributed by atoms with Gasteiger partial charge in [0.1, 0.15) is 0 Å². The SMILES string of the molecule is COCc1ccc(N)c(S)c1. The standard InChI is InChI=1S/C8H11NOS/c1-10-5-6-2-3-7(9)8(11)4-6/h2-4,11H,5,9H2,1H3. The molecular weight excluding hydrogens is 158 g/mol. The molecule has 60 valence electrons. The molecular formula is C8H11NOS. The Labute approximate surface area is 71.8 Å². The monoisotopic (exact) mass is 169 g/mol. The van der Waals surface area contributed by atoms with Crippen LogP contribution in [-0.2, 0) is 11.3 Å². The molecule has 2 N–H and O–H groups in total. The maximum absolute atomic E-state index is 5.57. The van der Waals surface area contributed by atoms with E-state index in [2.05, 4.69) is 12.6 Å². The number of nitrogens with two attached hydrogens (primary N) is 1. The van der Waals surface area contributed by atoms with Crippen LogP contribution in [0.1, 0.15) is 5.56 Å². The summed E-state index contributed by atoms with van der Waals surface area (Å²) in [7, 11) is 1.66. The Morgan fingerprint density at radius 1 is 1.55 bits per heavy atom. The van der Waals surface area contributed by atoms with E-state index in [1.807, 2.05) is 18.2 Å². The van der Waals surface area contributed by atoms with Gasteiger partial charge in [0, 0.05) is 17.7 Å². The number of ether oxygens (including phenoxy) is 1. The van der Waals surface area contributed by atoms with Crippen LogP contribution in [0.4, 0.5) is 5.69 Å². The lowest BCUT2D eigenvalue weighted by molar-refractivity contribution is 0.185. The van der Waals surface area contributed by atoms with Gasteiger partial charge >= 0.3 is 0 Å². The fraction of sp³-hybridized carbons (Fsp3) is 0.250. The lowest BCUT2D eigenvalue weighted by Gasteiger charge is -2.02. The van der Waals surface area contributed by atoms with Crippen LogP contribution in [-0.4, -0.2) is 7.11 Å². The summed E-state index contributed by atoms with van der Waals surface area (Å²) in [6, 6.07) is 5.66. The summed E-state index contributed by atoms with van der Waals surface area (Å²) >= 11 is 4.18. The minimum Gasteiger partial charge on any atom is -0.398 e. The fourth-order valence-corrected chi connectivity index (χ4v) is 1.09. The number of anilines is 1. The molecule has 0 aromatic heterocycles. The van der Waals surface area contributed by atoms with E-state index in [0.717, 1.165) is 10.5 Å². The topological polar surface area (TPSA) is 35.2 Å². The van der Waals surface area contributed by atoms with Gasteiger partial charge in [-0.2, -0.15) is 0 Å². The normalized spacial score (nSPS) is 10.0. The number of hydrogen-bond donors (Lipinski definition) is 2. The Balaban J connectivity index is 2.86. The Hall–Kier alpha value is -0.670. The molecule has 0 radical (unpaired) electrons. The van der Waals surface area contributed by atoms with E-state index < -0.39 is 0 Å². The van der Waals surface area contributed by atoms with Gasteiger partial charge < -0.3 is 10.5 Å². The van der Waals surface area contributed by atoms with Gasteiger partial charge in [0.15, 0.2) is 0 Å². The van der Waals surface area contributed by atoms with E-state index in [0.29, 0.717) is 12.3 Å². The smallest absolute Gasteiger partial charge is 0.0713 e. The maximum atomic E-state index is 5.57. The summed E-state index contributed by atoms with van der Waals surface area (Å²) in [5.41, 5.74) is 7.36. The molecule has 0 unspecified atom stereocenters. The van der Waals surface area contributed by atoms with Crippen molar-refractivity contribution in [1.29, 1.82) is 0 Å². The molecule has 0 aliphatic carbocycles. The molecule has 0 atom stereocenters. The lowest BCUT2D eigenvalue weighted by atomic mass is 10.2. The van der Waals surface area contributed by atoms with Crippen molar-refractivity contribution in [1.82, 2.24) is 0 Å². The number of nitrogen functional groups attached to an aromatic ring is 1. The molecule has 0 heterocycles. The summed E-state index contributed by atoms with van der Waals surface area (Å²) in [6.07, 6.45) is 0. The molecule has 3 heteroatoms. The Bertz CT molecular complexity index is 250. The summed E-state index contributed by atoms with van der Waals surface area (Å²) in [6.45, 7) is 0.605. The molecule has 1 aromatic carbocycles. The second-order valence-electron chi connectivity index (χ2n) is 2.33. The van der Waals surface area contributed by atoms with Crippen molar-refractivity contribution in [3.8, 4) is 0 Å². The average Bonchev–Trinajstić information content (AvgIpc) is 1.98. The third kappa shape index (κ3) is 2.13. The molecule has 1 rings (SSSR count). The quantitative estimate of drug-likeness (QED) is 0.522. The van der Waals surface area contributed by atoms with Gasteiger partial charge in [-0.25, -0.2) is 0 Å². The van der Waals surface area contributed by atoms with E-state index in [4.69, 9.17) is 10.5 Å². The molecule has 0 aliphatic heterocycles. The number of hydrogen-bond acceptors (Lipinski definition) is 3. The highest BCUT2D eigenvalue weighted by atomic mass is 32.1. The number of benzene rings is 1. The van der Waals surface area contributed by atoms with Gasteiger partial charge in [0.05, 0.1) is 6.61 Å². The van der Waals surface area contributed by atoms with Crippen molar-refractivity contribution in [2.75, 3.05) is 12.8 Å². The first-order chi connectivity index (χ1) is 5.24. The van der Waals surface area contributed by atoms with Crippen molar-refractivity contribution in [3.63, 3.8) is 0 Å². The molecule has 1 aromatic rings. The summed E-state index contributed by atoms with van der Waals surface area (Å²) in [5, 5.41) is 0. The summed E-state index contributed by atoms with van der Waals surface area (Å²) in [4.78, 5) is 0.805. The lowest BCUT2D eigenvalue weighted by Crippen LogP contribution is -1.91. The van der Waals surface area contributed by atoms with Gasteiger partial charge in [-0.3, -0.25) is 0 Å². The Kier molecular flexibility index (Phi) is 2.79. The van der Waals surface area contributed by atoms with Gasteiger partial charge in [-0.05, 0) is 17.7 Å². The van der Waals surface area contributed by atoms with Crippen molar-refractivity contribution in [2.45, 2.75) is 11.5 Å². The molecule has 0 spiro atoms. The molecule has 0 bridgehead atoms. The van der Waals surface area contributed by atoms with Crippen LogP contribution in [0, 0.1) is 0 Å². The molecule has 0 aliphatic rings. The molecule has 0 fully saturated rings. The number of thiol groups is 1. The van der Waals surface area contributed by atoms with Crippen LogP contribution in [0.25, 0.3) is 0 Å². The average molecular weight is 169 g/mol. The fourth-order valence-electron chi connectivity index (χ4n) is 0.846. The third-order valence-electron chi connectivity index (χ3n) is 1.41. The minimum absolute atomic E-state index is 0.605. The highest BCUT2D eigenvalue weighted by Gasteiger charge is 1.95. The number of rotatable bonds is 2. The Morgan fingerprint density at radius 3 is 2.82 bits per heavy atom. The van der Waals surface area contributed by atoms with Crippen molar-refractivity contribution < 1.29 is 4.74 Å². The Morgan fingerprint density at radius 2 is 2.27 bits per heavy atom. The van der Waals surface area contributed by atoms with Gasteiger partial charge in [0.25, 0.3) is 0 Å². The van der Waals surface area contributed by atoms with E-state index in [9.17, 15) is 0 Å². The van der Waals surface area contributed by atoms with Crippen molar-refractivity contribution in [3.05, 3.63) is 23.8 Å². The third-order valence-corrected chi connectivity index (χ3v) is 1.79. The van der Waals surface area contributed by atoms with E-state index in [-0.39, 0.29) is 0 Å². The van der Waals surface area contributed by atoms with Crippen LogP contribution in [0.5, 0.6) is 0 Å². The van der Waals surface area contributed by atoms with Crippen LogP contribution < -0.4 is 5.73 Å². The van der Waals surface area contributed by atoms with Crippen molar-refractivity contribution in [2.24, 2.45) is 0 Å². The highest BCUT2D eigenvalue weighted by molar-refractivity contribution is 7.80. The molecule has 11 heavy (non-hydrogen) atoms. The van der Waals surface area contributed by atoms with Gasteiger partial charge in [-0.15, -0.1) is 12.6 Å². The van der Waals surface area contributed by atoms with Crippen molar-refractivity contribution >= 4 is 18.3 Å². The van der Waals surface area contributed by atoms with Gasteiger partial charge in [0.2, 0.25) is 0 Å². The first-order valence-electron chi connectivity index (χ1n) is 3.30. The number of methoxy groups -OCH3 is 1. The highest BCUT2D eigenvalue weighted by Crippen LogP contribution is 2.17. The maximum Gasteiger partial charge on any atom is 0.0713 e. The predicted molar refractivity (Wildman–Crippen MR) is 48.8 cm³/mol. The van der Waals surface area contributed by atoms with E-state index >= 15 is 0 Å². The minimum atomic E-state index is 0.605. The second kappa shape index (κ2) is 3.64.